The fourth-order valence-electron chi connectivity index (χ4n) is 3.73. The fourth-order valence-corrected chi connectivity index (χ4v) is 6.35. The van der Waals surface area contributed by atoms with Crippen LogP contribution in [-0.2, 0) is 30.1 Å². The van der Waals surface area contributed by atoms with Gasteiger partial charge in [-0.1, -0.05) is 18.2 Å². The number of nitrogens with two attached hydrogens (primary N) is 1. The largest absolute Gasteiger partial charge is 0.507 e. The zero-order valence-electron chi connectivity index (χ0n) is 15.8. The van der Waals surface area contributed by atoms with Crippen molar-refractivity contribution in [3.05, 3.63) is 57.3 Å². The SMILES string of the molecule is [N-]=[N+]=NS(=O)(=O)c1cc(O)c2ccc3c(S(=O)(=O)N=[N+]=[N-])cc(S(N)(=O)=O)c4ccc1c2c43. The minimum atomic E-state index is -4.73. The summed E-state index contributed by atoms with van der Waals surface area (Å²) in [6.45, 7) is 0. The van der Waals surface area contributed by atoms with E-state index in [2.05, 4.69) is 18.9 Å². The van der Waals surface area contributed by atoms with Crippen molar-refractivity contribution in [3.8, 4) is 5.75 Å². The number of azide groups is 2. The van der Waals surface area contributed by atoms with Crippen LogP contribution >= 0.6 is 0 Å². The van der Waals surface area contributed by atoms with Gasteiger partial charge in [0.25, 0.3) is 20.0 Å². The molecule has 0 fully saturated rings. The highest BCUT2D eigenvalue weighted by molar-refractivity contribution is 7.91. The molecule has 4 aromatic carbocycles. The van der Waals surface area contributed by atoms with Gasteiger partial charge in [-0.2, -0.15) is 0 Å². The van der Waals surface area contributed by atoms with Crippen molar-refractivity contribution >= 4 is 62.4 Å². The zero-order chi connectivity index (χ0) is 24.3. The number of phenols is 1. The Hall–Kier alpha value is -3.85. The molecule has 0 aliphatic heterocycles. The lowest BCUT2D eigenvalue weighted by Crippen LogP contribution is -2.14. The van der Waals surface area contributed by atoms with Gasteiger partial charge in [0, 0.05) is 57.2 Å². The average Bonchev–Trinajstić information content (AvgIpc) is 2.71. The molecule has 4 rings (SSSR count). The van der Waals surface area contributed by atoms with E-state index in [1.165, 1.54) is 24.3 Å². The van der Waals surface area contributed by atoms with Crippen molar-refractivity contribution in [2.75, 3.05) is 0 Å². The maximum atomic E-state index is 12.6. The maximum Gasteiger partial charge on any atom is 0.265 e. The van der Waals surface area contributed by atoms with E-state index in [1.54, 1.807) is 0 Å². The minimum absolute atomic E-state index is 0.0420. The van der Waals surface area contributed by atoms with E-state index in [1.807, 2.05) is 0 Å². The molecule has 0 saturated carbocycles. The monoisotopic (exact) mass is 507 g/mol. The van der Waals surface area contributed by atoms with Crippen LogP contribution in [0.15, 0.2) is 60.1 Å². The van der Waals surface area contributed by atoms with E-state index in [9.17, 15) is 30.4 Å². The number of hydrogen-bond donors (Lipinski definition) is 2. The molecule has 0 aliphatic rings. The van der Waals surface area contributed by atoms with Gasteiger partial charge in [-0.3, -0.25) is 0 Å². The van der Waals surface area contributed by atoms with Gasteiger partial charge in [0.1, 0.15) is 5.75 Å². The lowest BCUT2D eigenvalue weighted by molar-refractivity contribution is 0.480. The molecule has 0 aliphatic carbocycles. The number of phenolic OH excluding ortho intramolecular Hbond substituents is 1. The highest BCUT2D eigenvalue weighted by atomic mass is 32.2. The van der Waals surface area contributed by atoms with Gasteiger partial charge in [0.2, 0.25) is 10.0 Å². The summed E-state index contributed by atoms with van der Waals surface area (Å²) < 4.78 is 80.2. The fraction of sp³-hybridized carbons (Fsp3) is 0. The molecule has 0 bridgehead atoms. The van der Waals surface area contributed by atoms with Gasteiger partial charge < -0.3 is 5.11 Å². The predicted molar refractivity (Wildman–Crippen MR) is 116 cm³/mol. The summed E-state index contributed by atoms with van der Waals surface area (Å²) in [6, 6.07) is 6.50. The normalized spacial score (nSPS) is 12.6. The van der Waals surface area contributed by atoms with Crippen LogP contribution in [0.1, 0.15) is 0 Å². The third kappa shape index (κ3) is 3.32. The lowest BCUT2D eigenvalue weighted by Gasteiger charge is -2.17. The Morgan fingerprint density at radius 2 is 1.09 bits per heavy atom. The summed E-state index contributed by atoms with van der Waals surface area (Å²) in [5.74, 6) is -0.566. The van der Waals surface area contributed by atoms with Crippen LogP contribution in [0.25, 0.3) is 53.2 Å². The molecule has 0 unspecified atom stereocenters. The lowest BCUT2D eigenvalue weighted by atomic mass is 9.94. The first-order valence-corrected chi connectivity index (χ1v) is 12.9. The van der Waals surface area contributed by atoms with Crippen LogP contribution in [0.2, 0.25) is 0 Å². The van der Waals surface area contributed by atoms with Crippen LogP contribution < -0.4 is 5.14 Å². The molecule has 0 aromatic heterocycles. The summed E-state index contributed by atoms with van der Waals surface area (Å²) >= 11 is 0. The van der Waals surface area contributed by atoms with Crippen molar-refractivity contribution in [2.45, 2.75) is 14.7 Å². The molecular weight excluding hydrogens is 498 g/mol. The van der Waals surface area contributed by atoms with Gasteiger partial charge in [0.15, 0.2) is 0 Å². The molecule has 0 spiro atoms. The van der Waals surface area contributed by atoms with Crippen LogP contribution in [0.5, 0.6) is 5.75 Å². The molecule has 14 nitrogen and oxygen atoms in total. The predicted octanol–water partition coefficient (Wildman–Crippen LogP) is 2.94. The molecule has 4 aromatic rings. The number of hydrogen-bond acceptors (Lipinski definition) is 7. The summed E-state index contributed by atoms with van der Waals surface area (Å²) in [4.78, 5) is 2.59. The first-order chi connectivity index (χ1) is 15.3. The highest BCUT2D eigenvalue weighted by Gasteiger charge is 2.28. The van der Waals surface area contributed by atoms with E-state index in [0.717, 1.165) is 12.1 Å². The van der Waals surface area contributed by atoms with Crippen molar-refractivity contribution in [1.82, 2.24) is 0 Å². The molecule has 0 saturated heterocycles. The Balaban J connectivity index is 2.42. The van der Waals surface area contributed by atoms with Crippen molar-refractivity contribution < 1.29 is 30.4 Å². The summed E-state index contributed by atoms with van der Waals surface area (Å²) in [7, 11) is -13.9. The second-order valence-electron chi connectivity index (χ2n) is 6.68. The van der Waals surface area contributed by atoms with Gasteiger partial charge in [-0.25, -0.2) is 30.4 Å². The van der Waals surface area contributed by atoms with Gasteiger partial charge in [0.05, 0.1) is 14.7 Å². The van der Waals surface area contributed by atoms with Gasteiger partial charge in [-0.05, 0) is 23.2 Å². The van der Waals surface area contributed by atoms with E-state index in [4.69, 9.17) is 16.2 Å². The molecule has 0 heterocycles. The highest BCUT2D eigenvalue weighted by Crippen LogP contribution is 2.45. The minimum Gasteiger partial charge on any atom is -0.507 e. The quantitative estimate of drug-likeness (QED) is 0.177. The maximum absolute atomic E-state index is 12.6. The average molecular weight is 507 g/mol. The Bertz CT molecular complexity index is 1940. The van der Waals surface area contributed by atoms with Gasteiger partial charge >= 0.3 is 0 Å². The van der Waals surface area contributed by atoms with Crippen LogP contribution in [0, 0.1) is 0 Å². The molecule has 0 radical (unpaired) electrons. The summed E-state index contributed by atoms with van der Waals surface area (Å²) in [5.41, 5.74) is 17.3. The van der Waals surface area contributed by atoms with Crippen molar-refractivity contribution in [2.24, 2.45) is 14.2 Å². The Labute approximate surface area is 184 Å². The Morgan fingerprint density at radius 1 is 0.697 bits per heavy atom. The second-order valence-corrected chi connectivity index (χ2v) is 11.3. The number of nitrogens with zero attached hydrogens (tertiary/aromatic N) is 6. The first kappa shape index (κ1) is 22.3. The van der Waals surface area contributed by atoms with Crippen LogP contribution in [-0.4, -0.2) is 30.4 Å². The molecule has 17 heteroatoms. The molecule has 33 heavy (non-hydrogen) atoms. The van der Waals surface area contributed by atoms with Crippen molar-refractivity contribution in [3.63, 3.8) is 0 Å². The molecule has 3 N–H and O–H groups in total. The first-order valence-electron chi connectivity index (χ1n) is 8.46. The third-order valence-corrected chi connectivity index (χ3v) is 8.23. The number of rotatable bonds is 5. The van der Waals surface area contributed by atoms with E-state index < -0.39 is 50.5 Å². The number of sulfonamides is 3. The second kappa shape index (κ2) is 7.08. The van der Waals surface area contributed by atoms with E-state index in [0.29, 0.717) is 0 Å². The van der Waals surface area contributed by atoms with Crippen molar-refractivity contribution in [1.29, 1.82) is 0 Å². The number of primary sulfonamides is 1. The van der Waals surface area contributed by atoms with Crippen LogP contribution in [0.3, 0.4) is 0 Å². The molecule has 0 atom stereocenters. The topological polar surface area (TPSA) is 246 Å². The smallest absolute Gasteiger partial charge is 0.265 e. The van der Waals surface area contributed by atoms with E-state index >= 15 is 0 Å². The third-order valence-electron chi connectivity index (χ3n) is 4.91. The standard InChI is InChI=1S/C16H9N7O7S3/c17-20-22-32(27,28)13-5-11(24)7-1-2-10-14(33(29,30)23-21-18)6-12(31(19,25)26)8-3-4-9(13)15(7)16(8)10/h1-6,24H,(H2,19,25,26). The van der Waals surface area contributed by atoms with Crippen LogP contribution in [0.4, 0.5) is 0 Å². The number of benzene rings is 4. The molecular formula is C16H9N7O7S3. The molecule has 168 valence electrons. The Kier molecular flexibility index (Phi) is 4.79. The van der Waals surface area contributed by atoms with E-state index in [-0.39, 0.29) is 32.3 Å². The zero-order valence-corrected chi connectivity index (χ0v) is 18.3. The summed E-state index contributed by atoms with van der Waals surface area (Å²) in [6.07, 6.45) is 0. The molecule has 0 amide bonds. The summed E-state index contributed by atoms with van der Waals surface area (Å²) in [5, 5.41) is 15.4. The number of aromatic hydroxyl groups is 1. The van der Waals surface area contributed by atoms with Gasteiger partial charge in [-0.15, -0.1) is 0 Å². The Morgan fingerprint density at radius 3 is 1.55 bits per heavy atom.